The third kappa shape index (κ3) is 3.17. The second-order valence-electron chi connectivity index (χ2n) is 5.41. The number of fused-ring (bicyclic) bond motifs is 1. The quantitative estimate of drug-likeness (QED) is 0.706. The van der Waals surface area contributed by atoms with Gasteiger partial charge in [0.1, 0.15) is 0 Å². The van der Waals surface area contributed by atoms with Crippen LogP contribution in [-0.4, -0.2) is 6.54 Å². The van der Waals surface area contributed by atoms with E-state index in [1.807, 2.05) is 6.26 Å². The second-order valence-corrected chi connectivity index (χ2v) is 5.41. The third-order valence-corrected chi connectivity index (χ3v) is 3.89. The van der Waals surface area contributed by atoms with Crippen molar-refractivity contribution in [1.29, 1.82) is 0 Å². The van der Waals surface area contributed by atoms with Crippen LogP contribution in [0.1, 0.15) is 30.5 Å². The summed E-state index contributed by atoms with van der Waals surface area (Å²) in [5.41, 5.74) is 2.60. The lowest BCUT2D eigenvalue weighted by Crippen LogP contribution is -2.23. The number of nitrogens with one attached hydrogen (secondary N) is 1. The molecule has 0 saturated heterocycles. The van der Waals surface area contributed by atoms with Gasteiger partial charge in [-0.15, -0.1) is 0 Å². The molecule has 0 fully saturated rings. The molecule has 3 rings (SSSR count). The molecule has 0 aliphatic carbocycles. The molecule has 0 radical (unpaired) electrons. The van der Waals surface area contributed by atoms with Crippen LogP contribution in [0.15, 0.2) is 65.5 Å². The Morgan fingerprint density at radius 3 is 2.71 bits per heavy atom. The summed E-state index contributed by atoms with van der Waals surface area (Å²) in [6, 6.07) is 17.5. The molecule has 2 nitrogen and oxygen atoms in total. The van der Waals surface area contributed by atoms with Crippen molar-refractivity contribution in [3.8, 4) is 0 Å². The van der Waals surface area contributed by atoms with Gasteiger partial charge >= 0.3 is 0 Å². The molecule has 2 heteroatoms. The zero-order valence-corrected chi connectivity index (χ0v) is 12.4. The van der Waals surface area contributed by atoms with Gasteiger partial charge in [0.2, 0.25) is 0 Å². The highest BCUT2D eigenvalue weighted by Crippen LogP contribution is 2.25. The van der Waals surface area contributed by atoms with Crippen LogP contribution in [0.3, 0.4) is 0 Å². The molecular formula is C19H21NO. The Morgan fingerprint density at radius 1 is 1.05 bits per heavy atom. The molecule has 0 spiro atoms. The standard InChI is InChI=1S/C19H21NO/c1-2-11-20-19(17-10-12-21-14-17)13-16-8-5-7-15-6-3-4-9-18(15)16/h3-10,12,14,19-20H,2,11,13H2,1H3. The Balaban J connectivity index is 1.90. The van der Waals surface area contributed by atoms with Crippen LogP contribution >= 0.6 is 0 Å². The molecule has 108 valence electrons. The van der Waals surface area contributed by atoms with Gasteiger partial charge < -0.3 is 9.73 Å². The Hall–Kier alpha value is -2.06. The molecule has 21 heavy (non-hydrogen) atoms. The maximum Gasteiger partial charge on any atom is 0.0950 e. The van der Waals surface area contributed by atoms with Crippen LogP contribution in [0.2, 0.25) is 0 Å². The average molecular weight is 279 g/mol. The molecule has 0 aliphatic rings. The van der Waals surface area contributed by atoms with Crippen molar-refractivity contribution in [2.75, 3.05) is 6.54 Å². The van der Waals surface area contributed by atoms with E-state index in [1.165, 1.54) is 21.9 Å². The summed E-state index contributed by atoms with van der Waals surface area (Å²) in [4.78, 5) is 0. The molecule has 1 heterocycles. The van der Waals surface area contributed by atoms with Crippen LogP contribution in [0.25, 0.3) is 10.8 Å². The maximum atomic E-state index is 5.26. The molecule has 0 amide bonds. The molecule has 0 bridgehead atoms. The Bertz CT molecular complexity index is 682. The minimum Gasteiger partial charge on any atom is -0.472 e. The van der Waals surface area contributed by atoms with Crippen LogP contribution in [0.4, 0.5) is 0 Å². The highest BCUT2D eigenvalue weighted by atomic mass is 16.3. The first kappa shape index (κ1) is 13.9. The van der Waals surface area contributed by atoms with Crippen molar-refractivity contribution < 1.29 is 4.42 Å². The van der Waals surface area contributed by atoms with E-state index in [0.29, 0.717) is 6.04 Å². The molecule has 0 saturated carbocycles. The van der Waals surface area contributed by atoms with Crippen molar-refractivity contribution in [2.24, 2.45) is 0 Å². The van der Waals surface area contributed by atoms with E-state index in [4.69, 9.17) is 4.42 Å². The van der Waals surface area contributed by atoms with Gasteiger partial charge in [0.05, 0.1) is 12.5 Å². The maximum absolute atomic E-state index is 5.26. The van der Waals surface area contributed by atoms with E-state index in [-0.39, 0.29) is 0 Å². The largest absolute Gasteiger partial charge is 0.472 e. The van der Waals surface area contributed by atoms with Crippen molar-refractivity contribution in [1.82, 2.24) is 5.32 Å². The van der Waals surface area contributed by atoms with Crippen LogP contribution in [0, 0.1) is 0 Å². The first-order chi connectivity index (χ1) is 10.4. The molecule has 0 aliphatic heterocycles. The molecular weight excluding hydrogens is 258 g/mol. The Kier molecular flexibility index (Phi) is 4.37. The summed E-state index contributed by atoms with van der Waals surface area (Å²) < 4.78 is 5.26. The zero-order chi connectivity index (χ0) is 14.5. The van der Waals surface area contributed by atoms with Crippen LogP contribution in [-0.2, 0) is 6.42 Å². The predicted octanol–water partition coefficient (Wildman–Crippen LogP) is 4.72. The smallest absolute Gasteiger partial charge is 0.0950 e. The van der Waals surface area contributed by atoms with Gasteiger partial charge in [0, 0.05) is 11.6 Å². The fourth-order valence-electron chi connectivity index (χ4n) is 2.79. The lowest BCUT2D eigenvalue weighted by atomic mass is 9.96. The number of hydrogen-bond donors (Lipinski definition) is 1. The lowest BCUT2D eigenvalue weighted by Gasteiger charge is -2.18. The summed E-state index contributed by atoms with van der Waals surface area (Å²) in [7, 11) is 0. The SMILES string of the molecule is CCCNC(Cc1cccc2ccccc12)c1ccoc1. The molecule has 1 N–H and O–H groups in total. The van der Waals surface area contributed by atoms with E-state index in [0.717, 1.165) is 19.4 Å². The summed E-state index contributed by atoms with van der Waals surface area (Å²) in [5.74, 6) is 0. The molecule has 1 aromatic heterocycles. The van der Waals surface area contributed by atoms with E-state index in [9.17, 15) is 0 Å². The van der Waals surface area contributed by atoms with Crippen molar-refractivity contribution in [2.45, 2.75) is 25.8 Å². The van der Waals surface area contributed by atoms with Gasteiger partial charge in [-0.1, -0.05) is 49.4 Å². The number of furan rings is 1. The molecule has 1 unspecified atom stereocenters. The Labute approximate surface area is 125 Å². The highest BCUT2D eigenvalue weighted by molar-refractivity contribution is 5.85. The van der Waals surface area contributed by atoms with Gasteiger partial charge in [-0.3, -0.25) is 0 Å². The molecule has 2 aromatic carbocycles. The predicted molar refractivity (Wildman–Crippen MR) is 87.4 cm³/mol. The highest BCUT2D eigenvalue weighted by Gasteiger charge is 2.14. The van der Waals surface area contributed by atoms with Gasteiger partial charge in [-0.05, 0) is 41.8 Å². The van der Waals surface area contributed by atoms with Crippen molar-refractivity contribution >= 4 is 10.8 Å². The van der Waals surface area contributed by atoms with Crippen LogP contribution < -0.4 is 5.32 Å². The number of hydrogen-bond acceptors (Lipinski definition) is 2. The van der Waals surface area contributed by atoms with Gasteiger partial charge in [0.15, 0.2) is 0 Å². The van der Waals surface area contributed by atoms with E-state index >= 15 is 0 Å². The van der Waals surface area contributed by atoms with Gasteiger partial charge in [-0.2, -0.15) is 0 Å². The van der Waals surface area contributed by atoms with Gasteiger partial charge in [0.25, 0.3) is 0 Å². The van der Waals surface area contributed by atoms with Gasteiger partial charge in [-0.25, -0.2) is 0 Å². The summed E-state index contributed by atoms with van der Waals surface area (Å²) in [6.07, 6.45) is 5.70. The topological polar surface area (TPSA) is 25.2 Å². The summed E-state index contributed by atoms with van der Waals surface area (Å²) in [6.45, 7) is 3.21. The fourth-order valence-corrected chi connectivity index (χ4v) is 2.79. The van der Waals surface area contributed by atoms with E-state index in [1.54, 1.807) is 6.26 Å². The molecule has 1 atom stereocenters. The number of rotatable bonds is 6. The average Bonchev–Trinajstić information content (AvgIpc) is 3.06. The summed E-state index contributed by atoms with van der Waals surface area (Å²) in [5, 5.41) is 6.27. The number of benzene rings is 2. The second kappa shape index (κ2) is 6.59. The molecule has 3 aromatic rings. The monoisotopic (exact) mass is 279 g/mol. The summed E-state index contributed by atoms with van der Waals surface area (Å²) >= 11 is 0. The van der Waals surface area contributed by atoms with Crippen molar-refractivity contribution in [3.63, 3.8) is 0 Å². The van der Waals surface area contributed by atoms with Crippen molar-refractivity contribution in [3.05, 3.63) is 72.2 Å². The van der Waals surface area contributed by atoms with Crippen LogP contribution in [0.5, 0.6) is 0 Å². The van der Waals surface area contributed by atoms with E-state index in [2.05, 4.69) is 60.8 Å². The third-order valence-electron chi connectivity index (χ3n) is 3.89. The zero-order valence-electron chi connectivity index (χ0n) is 12.4. The Morgan fingerprint density at radius 2 is 1.90 bits per heavy atom. The lowest BCUT2D eigenvalue weighted by molar-refractivity contribution is 0.513. The van der Waals surface area contributed by atoms with E-state index < -0.39 is 0 Å². The normalized spacial score (nSPS) is 12.6. The fraction of sp³-hybridized carbons (Fsp3) is 0.263. The minimum atomic E-state index is 0.300. The minimum absolute atomic E-state index is 0.300. The first-order valence-corrected chi connectivity index (χ1v) is 7.60. The first-order valence-electron chi connectivity index (χ1n) is 7.60.